The highest BCUT2D eigenvalue weighted by Crippen LogP contribution is 2.08. The maximum absolute atomic E-state index is 12.6. The maximum atomic E-state index is 12.6. The zero-order chi connectivity index (χ0) is 21.6. The fourth-order valence-electron chi connectivity index (χ4n) is 3.68. The number of aromatic nitrogens is 2. The van der Waals surface area contributed by atoms with Crippen LogP contribution >= 0.6 is 11.3 Å². The van der Waals surface area contributed by atoms with Crippen molar-refractivity contribution in [3.8, 4) is 0 Å². The smallest absolute Gasteiger partial charge is 0.261 e. The van der Waals surface area contributed by atoms with Crippen LogP contribution in [0.4, 0.5) is 0 Å². The van der Waals surface area contributed by atoms with E-state index in [-0.39, 0.29) is 23.8 Å². The number of carbonyl (C=O) groups excluding carboxylic acids is 2. The molecule has 1 N–H and O–H groups in total. The molecule has 0 atom stereocenters. The van der Waals surface area contributed by atoms with Gasteiger partial charge in [-0.3, -0.25) is 23.9 Å². The Morgan fingerprint density at radius 2 is 1.87 bits per heavy atom. The van der Waals surface area contributed by atoms with E-state index in [2.05, 4.69) is 15.2 Å². The molecule has 8 nitrogen and oxygen atoms in total. The normalized spacial score (nSPS) is 14.6. The van der Waals surface area contributed by atoms with Gasteiger partial charge in [0.1, 0.15) is 0 Å². The number of thiophene rings is 1. The number of benzene rings is 1. The molecule has 2 aromatic heterocycles. The fourth-order valence-corrected chi connectivity index (χ4v) is 4.32. The molecular formula is C22H25N5O3S. The van der Waals surface area contributed by atoms with Gasteiger partial charge < -0.3 is 10.2 Å². The Labute approximate surface area is 184 Å². The number of nitrogens with one attached hydrogen (secondary N) is 1. The monoisotopic (exact) mass is 439 g/mol. The molecule has 0 unspecified atom stereocenters. The second kappa shape index (κ2) is 9.84. The maximum Gasteiger partial charge on any atom is 0.261 e. The van der Waals surface area contributed by atoms with Gasteiger partial charge in [0, 0.05) is 63.2 Å². The van der Waals surface area contributed by atoms with E-state index in [1.54, 1.807) is 12.1 Å². The first-order chi connectivity index (χ1) is 15.1. The largest absolute Gasteiger partial charge is 0.351 e. The summed E-state index contributed by atoms with van der Waals surface area (Å²) in [6.07, 6.45) is 1.79. The van der Waals surface area contributed by atoms with E-state index in [0.29, 0.717) is 42.6 Å². The van der Waals surface area contributed by atoms with Gasteiger partial charge in [0.05, 0.1) is 17.2 Å². The number of amides is 2. The van der Waals surface area contributed by atoms with Crippen LogP contribution in [-0.4, -0.2) is 70.4 Å². The molecule has 0 aliphatic carbocycles. The van der Waals surface area contributed by atoms with Crippen molar-refractivity contribution in [1.82, 2.24) is 24.7 Å². The molecule has 1 aliphatic heterocycles. The van der Waals surface area contributed by atoms with Crippen molar-refractivity contribution in [2.24, 2.45) is 0 Å². The Hall–Kier alpha value is -3.04. The molecule has 2 amide bonds. The van der Waals surface area contributed by atoms with Crippen LogP contribution in [-0.2, 0) is 11.3 Å². The molecule has 0 spiro atoms. The van der Waals surface area contributed by atoms with E-state index >= 15 is 0 Å². The Morgan fingerprint density at radius 1 is 1.06 bits per heavy atom. The van der Waals surface area contributed by atoms with Crippen molar-refractivity contribution in [2.75, 3.05) is 39.3 Å². The Kier molecular flexibility index (Phi) is 6.73. The summed E-state index contributed by atoms with van der Waals surface area (Å²) in [5.41, 5.74) is 1.24. The molecule has 0 saturated carbocycles. The van der Waals surface area contributed by atoms with Gasteiger partial charge in [-0.15, -0.1) is 0 Å². The zero-order valence-electron chi connectivity index (χ0n) is 17.2. The fraction of sp³-hybridized carbons (Fsp3) is 0.364. The average Bonchev–Trinajstić information content (AvgIpc) is 3.34. The highest BCUT2D eigenvalue weighted by Gasteiger charge is 2.21. The summed E-state index contributed by atoms with van der Waals surface area (Å²) in [7, 11) is 0. The number of rotatable bonds is 7. The molecule has 1 fully saturated rings. The van der Waals surface area contributed by atoms with Crippen LogP contribution in [0.1, 0.15) is 16.8 Å². The topological polar surface area (TPSA) is 87.5 Å². The van der Waals surface area contributed by atoms with Gasteiger partial charge >= 0.3 is 0 Å². The van der Waals surface area contributed by atoms with E-state index in [0.717, 1.165) is 19.6 Å². The van der Waals surface area contributed by atoms with Crippen molar-refractivity contribution in [1.29, 1.82) is 0 Å². The lowest BCUT2D eigenvalue weighted by Crippen LogP contribution is -2.50. The molecule has 1 aliphatic rings. The number of piperazine rings is 1. The Morgan fingerprint density at radius 3 is 2.65 bits per heavy atom. The van der Waals surface area contributed by atoms with Gasteiger partial charge in [-0.2, -0.15) is 11.3 Å². The molecule has 0 radical (unpaired) electrons. The van der Waals surface area contributed by atoms with Gasteiger partial charge in [-0.1, -0.05) is 12.1 Å². The molecule has 3 heterocycles. The van der Waals surface area contributed by atoms with E-state index in [4.69, 9.17) is 0 Å². The third-order valence-corrected chi connectivity index (χ3v) is 6.20. The minimum atomic E-state index is -0.118. The Bertz CT molecular complexity index is 1100. The number of fused-ring (bicyclic) bond motifs is 1. The molecule has 3 aromatic rings. The molecule has 31 heavy (non-hydrogen) atoms. The second-order valence-electron chi connectivity index (χ2n) is 7.50. The van der Waals surface area contributed by atoms with Crippen molar-refractivity contribution >= 4 is 34.1 Å². The molecule has 4 rings (SSSR count). The minimum absolute atomic E-state index is 0.0467. The van der Waals surface area contributed by atoms with Crippen LogP contribution in [0.2, 0.25) is 0 Å². The highest BCUT2D eigenvalue weighted by molar-refractivity contribution is 7.08. The van der Waals surface area contributed by atoms with E-state index in [1.165, 1.54) is 22.2 Å². The summed E-state index contributed by atoms with van der Waals surface area (Å²) < 4.78 is 1.51. The average molecular weight is 440 g/mol. The molecule has 0 bridgehead atoms. The van der Waals surface area contributed by atoms with Crippen molar-refractivity contribution < 1.29 is 9.59 Å². The lowest BCUT2D eigenvalue weighted by atomic mass is 10.2. The number of para-hydroxylation sites is 1. The van der Waals surface area contributed by atoms with Gasteiger partial charge in [-0.25, -0.2) is 4.98 Å². The van der Waals surface area contributed by atoms with Gasteiger partial charge in [0.25, 0.3) is 11.5 Å². The van der Waals surface area contributed by atoms with Crippen molar-refractivity contribution in [3.63, 3.8) is 0 Å². The first kappa shape index (κ1) is 21.2. The van der Waals surface area contributed by atoms with Crippen LogP contribution in [0.5, 0.6) is 0 Å². The van der Waals surface area contributed by atoms with E-state index in [1.807, 2.05) is 33.9 Å². The van der Waals surface area contributed by atoms with Gasteiger partial charge in [-0.05, 0) is 23.6 Å². The van der Waals surface area contributed by atoms with Crippen molar-refractivity contribution in [3.05, 3.63) is 63.3 Å². The van der Waals surface area contributed by atoms with Crippen LogP contribution in [0.15, 0.2) is 52.2 Å². The summed E-state index contributed by atoms with van der Waals surface area (Å²) in [6.45, 7) is 4.53. The standard InChI is InChI=1S/C22H25N5O3S/c28-20(5-8-27-16-24-19-4-2-1-3-18(19)22(27)30)26-12-10-25(11-13-26)9-7-23-21(29)17-6-14-31-15-17/h1-4,6,14-16H,5,7-13H2,(H,23,29). The minimum Gasteiger partial charge on any atom is -0.351 e. The summed E-state index contributed by atoms with van der Waals surface area (Å²) in [6, 6.07) is 9.03. The third kappa shape index (κ3) is 5.18. The highest BCUT2D eigenvalue weighted by atomic mass is 32.1. The number of carbonyl (C=O) groups is 2. The number of hydrogen-bond acceptors (Lipinski definition) is 6. The predicted octanol–water partition coefficient (Wildman–Crippen LogP) is 1.42. The molecule has 162 valence electrons. The Balaban J connectivity index is 1.20. The molecule has 9 heteroatoms. The van der Waals surface area contributed by atoms with E-state index < -0.39 is 0 Å². The first-order valence-electron chi connectivity index (χ1n) is 10.4. The number of hydrogen-bond donors (Lipinski definition) is 1. The predicted molar refractivity (Wildman–Crippen MR) is 120 cm³/mol. The molecule has 1 aromatic carbocycles. The third-order valence-electron chi connectivity index (χ3n) is 5.52. The quantitative estimate of drug-likeness (QED) is 0.602. The van der Waals surface area contributed by atoms with Crippen LogP contribution in [0.3, 0.4) is 0 Å². The van der Waals surface area contributed by atoms with Crippen LogP contribution < -0.4 is 10.9 Å². The zero-order valence-corrected chi connectivity index (χ0v) is 18.0. The van der Waals surface area contributed by atoms with Crippen LogP contribution in [0.25, 0.3) is 10.9 Å². The summed E-state index contributed by atoms with van der Waals surface area (Å²) in [5.74, 6) is -0.000967. The lowest BCUT2D eigenvalue weighted by molar-refractivity contribution is -0.133. The SMILES string of the molecule is O=C(NCCN1CCN(C(=O)CCn2cnc3ccccc3c2=O)CC1)c1ccsc1. The number of aryl methyl sites for hydroxylation is 1. The molecule has 1 saturated heterocycles. The van der Waals surface area contributed by atoms with Gasteiger partial charge in [0.2, 0.25) is 5.91 Å². The first-order valence-corrected chi connectivity index (χ1v) is 11.3. The van der Waals surface area contributed by atoms with Crippen LogP contribution in [0, 0.1) is 0 Å². The second-order valence-corrected chi connectivity index (χ2v) is 8.28. The van der Waals surface area contributed by atoms with Gasteiger partial charge in [0.15, 0.2) is 0 Å². The summed E-state index contributed by atoms with van der Waals surface area (Å²) in [5, 5.41) is 7.22. The van der Waals surface area contributed by atoms with E-state index in [9.17, 15) is 14.4 Å². The summed E-state index contributed by atoms with van der Waals surface area (Å²) in [4.78, 5) is 45.5. The van der Waals surface area contributed by atoms with Crippen molar-refractivity contribution in [2.45, 2.75) is 13.0 Å². The molecular weight excluding hydrogens is 414 g/mol. The number of nitrogens with zero attached hydrogens (tertiary/aromatic N) is 4. The summed E-state index contributed by atoms with van der Waals surface area (Å²) >= 11 is 1.50. The lowest BCUT2D eigenvalue weighted by Gasteiger charge is -2.34.